The van der Waals surface area contributed by atoms with Gasteiger partial charge in [-0.15, -0.1) is 0 Å². The molecule has 0 atom stereocenters. The molecule has 0 fully saturated rings. The molecule has 0 aliphatic carbocycles. The predicted octanol–water partition coefficient (Wildman–Crippen LogP) is 9.59. The summed E-state index contributed by atoms with van der Waals surface area (Å²) in [5.74, 6) is 0. The van der Waals surface area contributed by atoms with Gasteiger partial charge in [-0.3, -0.25) is 0 Å². The Balaban J connectivity index is 0.00000432. The van der Waals surface area contributed by atoms with E-state index in [0.29, 0.717) is 0 Å². The van der Waals surface area contributed by atoms with Crippen LogP contribution in [0.4, 0.5) is 0 Å². The SMILES string of the molecule is CCCCC1=C(c2cc(C)c(CCCC)c(C)c2)[N+](=[N-])C(c2cc(C)c(CCCC)c(C)c2)=C1.[Pd]. The molecule has 1 heterocycles. The Morgan fingerprint density at radius 3 is 1.46 bits per heavy atom. The van der Waals surface area contributed by atoms with Crippen molar-refractivity contribution in [2.45, 2.75) is 106 Å². The van der Waals surface area contributed by atoms with E-state index in [4.69, 9.17) is 0 Å². The summed E-state index contributed by atoms with van der Waals surface area (Å²) in [6.45, 7) is 15.6. The molecule has 2 aromatic carbocycles. The van der Waals surface area contributed by atoms with Gasteiger partial charge in [-0.1, -0.05) is 40.0 Å². The van der Waals surface area contributed by atoms with Gasteiger partial charge in [0.2, 0.25) is 11.4 Å². The minimum absolute atomic E-state index is 0. The van der Waals surface area contributed by atoms with Crippen molar-refractivity contribution in [3.05, 3.63) is 86.0 Å². The average molecular weight is 563 g/mol. The zero-order chi connectivity index (χ0) is 24.8. The van der Waals surface area contributed by atoms with E-state index in [9.17, 15) is 5.53 Å². The van der Waals surface area contributed by atoms with E-state index in [1.807, 2.05) is 0 Å². The predicted molar refractivity (Wildman–Crippen MR) is 147 cm³/mol. The number of unbranched alkanes of at least 4 members (excludes halogenated alkanes) is 3. The molecule has 2 aromatic rings. The van der Waals surface area contributed by atoms with E-state index in [1.54, 1.807) is 0 Å². The van der Waals surface area contributed by atoms with Crippen molar-refractivity contribution in [2.75, 3.05) is 0 Å². The van der Waals surface area contributed by atoms with Crippen molar-refractivity contribution in [1.82, 2.24) is 0 Å². The molecule has 1 aliphatic rings. The maximum absolute atomic E-state index is 11.5. The summed E-state index contributed by atoms with van der Waals surface area (Å²) < 4.78 is 1.46. The summed E-state index contributed by atoms with van der Waals surface area (Å²) in [7, 11) is 0. The fourth-order valence-electron chi connectivity index (χ4n) is 5.39. The average Bonchev–Trinajstić information content (AvgIpc) is 3.12. The third-order valence-electron chi connectivity index (χ3n) is 7.38. The zero-order valence-corrected chi connectivity index (χ0v) is 24.5. The van der Waals surface area contributed by atoms with Crippen molar-refractivity contribution in [1.29, 1.82) is 0 Å². The van der Waals surface area contributed by atoms with Gasteiger partial charge in [0.25, 0.3) is 0 Å². The molecule has 0 spiro atoms. The van der Waals surface area contributed by atoms with Crippen LogP contribution in [0, 0.1) is 27.7 Å². The third-order valence-corrected chi connectivity index (χ3v) is 7.38. The Morgan fingerprint density at radius 1 is 0.629 bits per heavy atom. The van der Waals surface area contributed by atoms with E-state index in [2.05, 4.69) is 78.8 Å². The first-order valence-electron chi connectivity index (χ1n) is 13.5. The van der Waals surface area contributed by atoms with Crippen LogP contribution in [-0.4, -0.2) is 4.70 Å². The van der Waals surface area contributed by atoms with Crippen LogP contribution in [0.25, 0.3) is 16.9 Å². The molecule has 0 unspecified atom stereocenters. The van der Waals surface area contributed by atoms with E-state index in [0.717, 1.165) is 54.6 Å². The maximum atomic E-state index is 11.5. The normalized spacial score (nSPS) is 13.3. The number of nitrogens with zero attached hydrogens (tertiary/aromatic N) is 2. The zero-order valence-electron chi connectivity index (χ0n) is 23.0. The molecule has 0 radical (unpaired) electrons. The van der Waals surface area contributed by atoms with Crippen LogP contribution < -0.4 is 0 Å². The third kappa shape index (κ3) is 6.69. The Labute approximate surface area is 228 Å². The van der Waals surface area contributed by atoms with Gasteiger partial charge in [0.15, 0.2) is 0 Å². The summed E-state index contributed by atoms with van der Waals surface area (Å²) in [4.78, 5) is 0. The van der Waals surface area contributed by atoms with Gasteiger partial charge < -0.3 is 5.53 Å². The number of hydrogen-bond acceptors (Lipinski definition) is 0. The second-order valence-corrected chi connectivity index (χ2v) is 10.2. The maximum Gasteiger partial charge on any atom is 0.210 e. The molecule has 1 aliphatic heterocycles. The van der Waals surface area contributed by atoms with E-state index in [1.165, 1.54) is 69.3 Å². The summed E-state index contributed by atoms with van der Waals surface area (Å²) in [5, 5.41) is 0. The van der Waals surface area contributed by atoms with Crippen LogP contribution in [0.5, 0.6) is 0 Å². The Hall–Kier alpha value is -1.82. The minimum atomic E-state index is 0. The smallest absolute Gasteiger partial charge is 0.210 e. The summed E-state index contributed by atoms with van der Waals surface area (Å²) in [6.07, 6.45) is 12.6. The minimum Gasteiger partial charge on any atom is -0.493 e. The van der Waals surface area contributed by atoms with Crippen molar-refractivity contribution >= 4 is 11.4 Å². The molecule has 192 valence electrons. The number of rotatable bonds is 11. The molecule has 3 heteroatoms. The molecule has 0 bridgehead atoms. The second kappa shape index (κ2) is 13.5. The van der Waals surface area contributed by atoms with Crippen LogP contribution >= 0.6 is 0 Å². The number of aryl methyl sites for hydroxylation is 4. The van der Waals surface area contributed by atoms with Crippen LogP contribution in [0.1, 0.15) is 110 Å². The topological polar surface area (TPSA) is 25.3 Å². The van der Waals surface area contributed by atoms with Crippen LogP contribution in [0.3, 0.4) is 0 Å². The largest absolute Gasteiger partial charge is 0.493 e. The van der Waals surface area contributed by atoms with Crippen LogP contribution in [0.2, 0.25) is 0 Å². The fraction of sp³-hybridized carbons (Fsp3) is 0.500. The van der Waals surface area contributed by atoms with E-state index in [-0.39, 0.29) is 20.4 Å². The number of allylic oxidation sites excluding steroid dienone is 2. The number of benzene rings is 2. The Morgan fingerprint density at radius 2 is 1.03 bits per heavy atom. The van der Waals surface area contributed by atoms with Gasteiger partial charge in [0.05, 0.1) is 0 Å². The standard InChI is InChI=1S/C32H44N2.Pd/c1-8-11-14-26-21-31(27-17-22(4)29(15-12-9-2)23(5)18-27)34(33)32(26)28-19-24(6)30(16-13-10-3)25(7)20-28;/h17-21H,8-16H2,1-7H3;. The summed E-state index contributed by atoms with van der Waals surface area (Å²) >= 11 is 0. The van der Waals surface area contributed by atoms with Crippen molar-refractivity contribution in [3.8, 4) is 0 Å². The van der Waals surface area contributed by atoms with Crippen molar-refractivity contribution < 1.29 is 25.1 Å². The van der Waals surface area contributed by atoms with Crippen molar-refractivity contribution in [2.24, 2.45) is 0 Å². The molecule has 0 amide bonds. The first-order valence-corrected chi connectivity index (χ1v) is 13.5. The second-order valence-electron chi connectivity index (χ2n) is 10.2. The molecular formula is C32H44N2Pd. The molecule has 35 heavy (non-hydrogen) atoms. The Bertz CT molecular complexity index is 1070. The molecular weight excluding hydrogens is 519 g/mol. The Kier molecular flexibility index (Phi) is 11.3. The van der Waals surface area contributed by atoms with Gasteiger partial charge in [-0.2, -0.15) is 0 Å². The van der Waals surface area contributed by atoms with Gasteiger partial charge >= 0.3 is 0 Å². The van der Waals surface area contributed by atoms with E-state index >= 15 is 0 Å². The summed E-state index contributed by atoms with van der Waals surface area (Å²) in [5.41, 5.74) is 25.1. The quantitative estimate of drug-likeness (QED) is 0.192. The monoisotopic (exact) mass is 562 g/mol. The van der Waals surface area contributed by atoms with Crippen molar-refractivity contribution in [3.63, 3.8) is 0 Å². The van der Waals surface area contributed by atoms with Gasteiger partial charge in [0.1, 0.15) is 0 Å². The van der Waals surface area contributed by atoms with Gasteiger partial charge in [-0.25, -0.2) is 4.70 Å². The van der Waals surface area contributed by atoms with E-state index < -0.39 is 0 Å². The fourth-order valence-corrected chi connectivity index (χ4v) is 5.39. The molecule has 0 N–H and O–H groups in total. The first kappa shape index (κ1) is 29.4. The molecule has 0 aromatic heterocycles. The van der Waals surface area contributed by atoms with Crippen LogP contribution in [0.15, 0.2) is 35.9 Å². The van der Waals surface area contributed by atoms with Crippen LogP contribution in [-0.2, 0) is 33.3 Å². The molecule has 0 saturated heterocycles. The number of hydrogen-bond donors (Lipinski definition) is 0. The molecule has 2 nitrogen and oxygen atoms in total. The summed E-state index contributed by atoms with van der Waals surface area (Å²) in [6, 6.07) is 9.09. The molecule has 0 saturated carbocycles. The first-order chi connectivity index (χ1) is 16.3. The van der Waals surface area contributed by atoms with Gasteiger partial charge in [-0.05, 0) is 124 Å². The molecule has 3 rings (SSSR count). The van der Waals surface area contributed by atoms with Gasteiger partial charge in [0, 0.05) is 43.2 Å².